The number of hydrogen-bond donors (Lipinski definition) is 1. The van der Waals surface area contributed by atoms with Gasteiger partial charge < -0.3 is 0 Å². The normalized spacial score (nSPS) is 13.3. The van der Waals surface area contributed by atoms with Gasteiger partial charge in [-0.3, -0.25) is 0 Å². The fourth-order valence-corrected chi connectivity index (χ4v) is 6.61. The minimum atomic E-state index is -2.74. The van der Waals surface area contributed by atoms with Gasteiger partial charge in [0.15, 0.2) is 0 Å². The predicted octanol–water partition coefficient (Wildman–Crippen LogP) is 6.78. The molecule has 3 aromatic carbocycles. The summed E-state index contributed by atoms with van der Waals surface area (Å²) >= 11 is 0. The van der Waals surface area contributed by atoms with E-state index in [1.165, 1.54) is 16.7 Å². The van der Waals surface area contributed by atoms with E-state index in [2.05, 4.69) is 135 Å². The topological polar surface area (TPSA) is 20.2 Å². The van der Waals surface area contributed by atoms with Crippen LogP contribution in [0.4, 0.5) is 0 Å². The molecule has 3 aromatic rings. The fourth-order valence-electron chi connectivity index (χ4n) is 3.98. The Bertz CT molecular complexity index is 899. The largest absolute Gasteiger partial charge is 0.238 e. The van der Waals surface area contributed by atoms with Crippen LogP contribution in [0.15, 0.2) is 72.8 Å². The molecule has 0 aliphatic heterocycles. The van der Waals surface area contributed by atoms with Crippen LogP contribution in [0.25, 0.3) is 0 Å². The van der Waals surface area contributed by atoms with Crippen LogP contribution in [0.5, 0.6) is 0 Å². The summed E-state index contributed by atoms with van der Waals surface area (Å²) in [5.41, 5.74) is 4.07. The lowest BCUT2D eigenvalue weighted by Gasteiger charge is -2.25. The zero-order chi connectivity index (χ0) is 23.9. The molecule has 0 fully saturated rings. The third kappa shape index (κ3) is 5.00. The highest BCUT2D eigenvalue weighted by Gasteiger charge is 2.44. The summed E-state index contributed by atoms with van der Waals surface area (Å²) in [4.78, 5) is 12.4. The lowest BCUT2D eigenvalue weighted by Crippen LogP contribution is -2.31. The van der Waals surface area contributed by atoms with Gasteiger partial charge in [0.25, 0.3) is 0 Å². The maximum atomic E-state index is 12.4. The molecule has 0 aliphatic carbocycles. The first-order valence-corrected chi connectivity index (χ1v) is 13.3. The second-order valence-electron chi connectivity index (χ2n) is 12.0. The van der Waals surface area contributed by atoms with Crippen molar-refractivity contribution in [3.8, 4) is 0 Å². The molecule has 0 bridgehead atoms. The second-order valence-corrected chi connectivity index (χ2v) is 14.8. The maximum absolute atomic E-state index is 12.4. The molecule has 0 aliphatic rings. The zero-order valence-corrected chi connectivity index (χ0v) is 22.2. The van der Waals surface area contributed by atoms with Crippen molar-refractivity contribution >= 4 is 23.4 Å². The molecule has 0 heterocycles. The zero-order valence-electron chi connectivity index (χ0n) is 21.3. The molecule has 0 saturated heterocycles. The Morgan fingerprint density at radius 2 is 0.594 bits per heavy atom. The lowest BCUT2D eigenvalue weighted by atomic mass is 9.87. The average Bonchev–Trinajstić information content (AvgIpc) is 2.71. The van der Waals surface area contributed by atoms with Crippen LogP contribution >= 0.6 is 7.49 Å². The molecule has 0 atom stereocenters. The summed E-state index contributed by atoms with van der Waals surface area (Å²) in [6, 6.07) is 25.8. The first kappa shape index (κ1) is 24.7. The highest BCUT2D eigenvalue weighted by atomic mass is 31.2. The molecule has 3 rings (SSSR count). The van der Waals surface area contributed by atoms with E-state index in [1.54, 1.807) is 0 Å². The van der Waals surface area contributed by atoms with Crippen LogP contribution in [0.1, 0.15) is 79.0 Å². The van der Waals surface area contributed by atoms with Gasteiger partial charge in [-0.05, 0) is 69.3 Å². The van der Waals surface area contributed by atoms with Crippen LogP contribution in [0, 0.1) is 0 Å². The van der Waals surface area contributed by atoms with Gasteiger partial charge in [0.2, 0.25) is 7.49 Å². The summed E-state index contributed by atoms with van der Waals surface area (Å²) in [6.45, 7) is 20.0. The molecular weight excluding hydrogens is 407 g/mol. The molecular formula is C30H40OP+. The van der Waals surface area contributed by atoms with E-state index in [4.69, 9.17) is 0 Å². The third-order valence-corrected chi connectivity index (χ3v) is 9.46. The van der Waals surface area contributed by atoms with Gasteiger partial charge in [-0.25, -0.2) is 4.89 Å². The standard InChI is InChI=1S/C30H40OP/c1-28(2,3)22-10-16-25(17-11-22)32(31,26-18-12-23(13-19-26)29(4,5)6)27-20-14-24(15-21-27)30(7,8)9/h10-21,31H,1-9H3/q+1. The van der Waals surface area contributed by atoms with Gasteiger partial charge in [-0.2, -0.15) is 0 Å². The molecule has 0 aromatic heterocycles. The van der Waals surface area contributed by atoms with E-state index >= 15 is 0 Å². The Labute approximate surface area is 196 Å². The predicted molar refractivity (Wildman–Crippen MR) is 143 cm³/mol. The Hall–Kier alpha value is -1.95. The summed E-state index contributed by atoms with van der Waals surface area (Å²) in [5, 5.41) is 2.99. The van der Waals surface area contributed by atoms with Crippen molar-refractivity contribution in [2.75, 3.05) is 0 Å². The molecule has 1 N–H and O–H groups in total. The highest BCUT2D eigenvalue weighted by Crippen LogP contribution is 2.51. The van der Waals surface area contributed by atoms with Gasteiger partial charge >= 0.3 is 0 Å². The minimum Gasteiger partial charge on any atom is -0.235 e. The quantitative estimate of drug-likeness (QED) is 0.439. The van der Waals surface area contributed by atoms with Crippen molar-refractivity contribution in [3.63, 3.8) is 0 Å². The van der Waals surface area contributed by atoms with Gasteiger partial charge in [0.1, 0.15) is 15.9 Å². The smallest absolute Gasteiger partial charge is 0.235 e. The van der Waals surface area contributed by atoms with Crippen molar-refractivity contribution in [2.45, 2.75) is 78.6 Å². The minimum absolute atomic E-state index is 0.0812. The number of rotatable bonds is 3. The molecule has 0 saturated carbocycles. The van der Waals surface area contributed by atoms with Crippen LogP contribution in [0.2, 0.25) is 0 Å². The highest BCUT2D eigenvalue weighted by molar-refractivity contribution is 7.91. The third-order valence-electron chi connectivity index (χ3n) is 6.32. The Morgan fingerprint density at radius 1 is 0.406 bits per heavy atom. The van der Waals surface area contributed by atoms with Crippen molar-refractivity contribution < 1.29 is 4.89 Å². The molecule has 170 valence electrons. The van der Waals surface area contributed by atoms with E-state index < -0.39 is 7.49 Å². The Balaban J connectivity index is 2.17. The molecule has 0 spiro atoms. The summed E-state index contributed by atoms with van der Waals surface area (Å²) < 4.78 is 0. The maximum Gasteiger partial charge on any atom is 0.238 e. The van der Waals surface area contributed by atoms with Crippen molar-refractivity contribution in [2.24, 2.45) is 0 Å². The summed E-state index contributed by atoms with van der Waals surface area (Å²) in [7, 11) is -2.74. The molecule has 2 heteroatoms. The van der Waals surface area contributed by atoms with Crippen LogP contribution in [-0.2, 0) is 16.2 Å². The average molecular weight is 448 g/mol. The van der Waals surface area contributed by atoms with E-state index in [-0.39, 0.29) is 16.2 Å². The number of hydrogen-bond acceptors (Lipinski definition) is 1. The molecule has 0 amide bonds. The van der Waals surface area contributed by atoms with Crippen LogP contribution in [-0.4, -0.2) is 4.89 Å². The SMILES string of the molecule is CC(C)(C)c1ccc([P+](O)(c2ccc(C(C)(C)C)cc2)c2ccc(C(C)(C)C)cc2)cc1. The van der Waals surface area contributed by atoms with Crippen molar-refractivity contribution in [3.05, 3.63) is 89.5 Å². The molecule has 1 nitrogen and oxygen atoms in total. The molecule has 0 unspecified atom stereocenters. The van der Waals surface area contributed by atoms with Crippen molar-refractivity contribution in [1.29, 1.82) is 0 Å². The van der Waals surface area contributed by atoms with Gasteiger partial charge in [-0.1, -0.05) is 98.7 Å². The van der Waals surface area contributed by atoms with E-state index in [9.17, 15) is 4.89 Å². The second kappa shape index (κ2) is 8.44. The van der Waals surface area contributed by atoms with Crippen LogP contribution in [0.3, 0.4) is 0 Å². The lowest BCUT2D eigenvalue weighted by molar-refractivity contribution is 0.590. The monoisotopic (exact) mass is 447 g/mol. The van der Waals surface area contributed by atoms with Crippen LogP contribution < -0.4 is 15.9 Å². The van der Waals surface area contributed by atoms with Gasteiger partial charge in [0, 0.05) is 0 Å². The number of benzene rings is 3. The van der Waals surface area contributed by atoms with E-state index in [1.807, 2.05) is 0 Å². The van der Waals surface area contributed by atoms with Crippen molar-refractivity contribution in [1.82, 2.24) is 0 Å². The van der Waals surface area contributed by atoms with Gasteiger partial charge in [-0.15, -0.1) is 0 Å². The molecule has 0 radical (unpaired) electrons. The van der Waals surface area contributed by atoms with E-state index in [0.717, 1.165) is 15.9 Å². The van der Waals surface area contributed by atoms with E-state index in [0.29, 0.717) is 0 Å². The summed E-state index contributed by atoms with van der Waals surface area (Å²) in [6.07, 6.45) is 0. The fraction of sp³-hybridized carbons (Fsp3) is 0.400. The Kier molecular flexibility index (Phi) is 6.51. The first-order valence-electron chi connectivity index (χ1n) is 11.6. The summed E-state index contributed by atoms with van der Waals surface area (Å²) in [5.74, 6) is 0. The molecule has 32 heavy (non-hydrogen) atoms. The first-order chi connectivity index (χ1) is 14.6. The Morgan fingerprint density at radius 3 is 0.750 bits per heavy atom. The van der Waals surface area contributed by atoms with Gasteiger partial charge in [0.05, 0.1) is 0 Å².